The van der Waals surface area contributed by atoms with E-state index in [2.05, 4.69) is 15.2 Å². The largest absolute Gasteiger partial charge is 0.461 e. The standard InChI is InChI=1S/C31H39FN5O10P/c1-19(30(40)45-22-10-6-4-7-11-22)36-48(41,47-23-12-8-5-9-13-23)42-17-31(16-32)28(44-21(3)39)27(43-20(2)38)26(46-31)24-14-15-25-29(33)34-18-35-37(24)25/h5,8-9,12-15,18-19,22,26-28H,4,6-7,10-11,16-17H2,1-3H3,(H,36,41)(H2,33,34,35)/t19-,26-,27-,28-,31+,48?/m0/s1. The molecule has 5 rings (SSSR count). The highest BCUT2D eigenvalue weighted by Gasteiger charge is 2.61. The van der Waals surface area contributed by atoms with Crippen LogP contribution in [0, 0.1) is 0 Å². The number of fused-ring (bicyclic) bond motifs is 1. The Balaban J connectivity index is 1.46. The van der Waals surface area contributed by atoms with Gasteiger partial charge in [0, 0.05) is 13.8 Å². The Morgan fingerprint density at radius 1 is 1.08 bits per heavy atom. The number of benzene rings is 1. The van der Waals surface area contributed by atoms with Crippen LogP contribution in [0.4, 0.5) is 10.2 Å². The van der Waals surface area contributed by atoms with Crippen LogP contribution in [0.25, 0.3) is 5.52 Å². The Kier molecular flexibility index (Phi) is 11.0. The zero-order chi connectivity index (χ0) is 34.5. The van der Waals surface area contributed by atoms with E-state index >= 15 is 4.39 Å². The van der Waals surface area contributed by atoms with E-state index in [-0.39, 0.29) is 23.4 Å². The summed E-state index contributed by atoms with van der Waals surface area (Å²) in [6.45, 7) is 1.45. The number of para-hydroxylation sites is 1. The van der Waals surface area contributed by atoms with E-state index in [0.717, 1.165) is 46.0 Å². The molecule has 3 aromatic rings. The maximum Gasteiger partial charge on any atom is 0.459 e. The molecule has 48 heavy (non-hydrogen) atoms. The second-order valence-corrected chi connectivity index (χ2v) is 13.5. The monoisotopic (exact) mass is 691 g/mol. The van der Waals surface area contributed by atoms with E-state index in [9.17, 15) is 18.9 Å². The van der Waals surface area contributed by atoms with Crippen LogP contribution in [0.15, 0.2) is 48.8 Å². The highest BCUT2D eigenvalue weighted by atomic mass is 31.2. The van der Waals surface area contributed by atoms with Crippen molar-refractivity contribution < 1.29 is 51.3 Å². The minimum Gasteiger partial charge on any atom is -0.461 e. The van der Waals surface area contributed by atoms with Gasteiger partial charge in [-0.2, -0.15) is 10.2 Å². The molecule has 1 aliphatic carbocycles. The molecule has 1 unspecified atom stereocenters. The lowest BCUT2D eigenvalue weighted by Gasteiger charge is -2.33. The Morgan fingerprint density at radius 3 is 2.46 bits per heavy atom. The number of nitrogen functional groups attached to an aromatic ring is 1. The molecule has 0 amide bonds. The number of carbonyl (C=O) groups excluding carboxylic acids is 3. The Bertz CT molecular complexity index is 1650. The van der Waals surface area contributed by atoms with Crippen LogP contribution in [0.3, 0.4) is 0 Å². The van der Waals surface area contributed by atoms with Crippen molar-refractivity contribution in [2.24, 2.45) is 0 Å². The second-order valence-electron chi connectivity index (χ2n) is 11.8. The molecular weight excluding hydrogens is 652 g/mol. The SMILES string of the molecule is CC(=O)O[C@H]1[C@H](c2ccc3c(N)ncnn23)O[C@](CF)(COP(=O)(N[C@@H](C)C(=O)OC2CCCCC2)Oc2ccccc2)[C@H]1OC(C)=O. The van der Waals surface area contributed by atoms with Gasteiger partial charge in [-0.05, 0) is 56.9 Å². The van der Waals surface area contributed by atoms with Crippen molar-refractivity contribution in [3.05, 3.63) is 54.5 Å². The second kappa shape index (κ2) is 15.0. The van der Waals surface area contributed by atoms with Crippen molar-refractivity contribution in [3.63, 3.8) is 0 Å². The summed E-state index contributed by atoms with van der Waals surface area (Å²) in [7, 11) is -4.53. The number of rotatable bonds is 13. The van der Waals surface area contributed by atoms with E-state index < -0.39 is 68.9 Å². The number of esters is 3. The third-order valence-corrected chi connectivity index (χ3v) is 9.71. The maximum absolute atomic E-state index is 15.4. The summed E-state index contributed by atoms with van der Waals surface area (Å²) in [6.07, 6.45) is 1.01. The fourth-order valence-electron chi connectivity index (χ4n) is 5.84. The summed E-state index contributed by atoms with van der Waals surface area (Å²) in [5.74, 6) is -2.04. The molecular formula is C31H39FN5O10P. The maximum atomic E-state index is 15.4. The first-order chi connectivity index (χ1) is 22.9. The van der Waals surface area contributed by atoms with Crippen molar-refractivity contribution in [2.45, 2.75) is 88.9 Å². The summed E-state index contributed by atoms with van der Waals surface area (Å²) < 4.78 is 65.7. The number of hydrogen-bond acceptors (Lipinski definition) is 13. The molecule has 1 aromatic carbocycles. The van der Waals surface area contributed by atoms with Gasteiger partial charge in [0.2, 0.25) is 0 Å². The number of halogens is 1. The zero-order valence-corrected chi connectivity index (χ0v) is 27.7. The molecule has 3 N–H and O–H groups in total. The van der Waals surface area contributed by atoms with E-state index in [1.54, 1.807) is 30.3 Å². The van der Waals surface area contributed by atoms with E-state index in [4.69, 9.17) is 33.7 Å². The molecule has 2 aromatic heterocycles. The molecule has 2 fully saturated rings. The highest BCUT2D eigenvalue weighted by Crippen LogP contribution is 2.50. The number of nitrogens with zero attached hydrogens (tertiary/aromatic N) is 3. The van der Waals surface area contributed by atoms with Gasteiger partial charge in [-0.1, -0.05) is 24.6 Å². The molecule has 3 heterocycles. The van der Waals surface area contributed by atoms with Crippen molar-refractivity contribution in [1.29, 1.82) is 0 Å². The quantitative estimate of drug-likeness (QED) is 0.148. The number of aromatic nitrogens is 3. The summed E-state index contributed by atoms with van der Waals surface area (Å²) in [5, 5.41) is 6.79. The number of anilines is 1. The van der Waals surface area contributed by atoms with Crippen LogP contribution in [0.5, 0.6) is 5.75 Å². The number of carbonyl (C=O) groups is 3. The predicted molar refractivity (Wildman–Crippen MR) is 167 cm³/mol. The van der Waals surface area contributed by atoms with Crippen LogP contribution in [-0.4, -0.2) is 75.7 Å². The Hall–Kier alpha value is -4.11. The zero-order valence-electron chi connectivity index (χ0n) is 26.8. The third-order valence-electron chi connectivity index (χ3n) is 8.09. The summed E-state index contributed by atoms with van der Waals surface area (Å²) in [4.78, 5) is 41.6. The topological polar surface area (TPSA) is 192 Å². The molecule has 0 radical (unpaired) electrons. The van der Waals surface area contributed by atoms with Gasteiger partial charge in [0.05, 0.1) is 12.3 Å². The molecule has 0 bridgehead atoms. The summed E-state index contributed by atoms with van der Waals surface area (Å²) in [5.41, 5.74) is 4.45. The average Bonchev–Trinajstić information content (AvgIpc) is 3.61. The average molecular weight is 692 g/mol. The fourth-order valence-corrected chi connectivity index (χ4v) is 7.38. The molecule has 15 nitrogen and oxygen atoms in total. The van der Waals surface area contributed by atoms with Gasteiger partial charge in [0.15, 0.2) is 23.6 Å². The minimum atomic E-state index is -4.53. The number of alkyl halides is 1. The van der Waals surface area contributed by atoms with Gasteiger partial charge < -0.3 is 29.2 Å². The predicted octanol–water partition coefficient (Wildman–Crippen LogP) is 4.01. The van der Waals surface area contributed by atoms with Gasteiger partial charge in [-0.25, -0.2) is 18.5 Å². The van der Waals surface area contributed by atoms with Crippen LogP contribution >= 0.6 is 7.75 Å². The van der Waals surface area contributed by atoms with E-state index in [1.807, 2.05) is 0 Å². The molecule has 0 spiro atoms. The first-order valence-electron chi connectivity index (χ1n) is 15.6. The van der Waals surface area contributed by atoms with Crippen LogP contribution in [0.2, 0.25) is 0 Å². The summed E-state index contributed by atoms with van der Waals surface area (Å²) in [6, 6.07) is 9.98. The van der Waals surface area contributed by atoms with Gasteiger partial charge in [-0.3, -0.25) is 18.9 Å². The lowest BCUT2D eigenvalue weighted by Crippen LogP contribution is -2.52. The van der Waals surface area contributed by atoms with Gasteiger partial charge in [0.25, 0.3) is 0 Å². The van der Waals surface area contributed by atoms with Crippen molar-refractivity contribution in [3.8, 4) is 5.75 Å². The molecule has 2 aliphatic rings. The fraction of sp³-hybridized carbons (Fsp3) is 0.516. The number of hydrogen-bond donors (Lipinski definition) is 2. The molecule has 17 heteroatoms. The lowest BCUT2D eigenvalue weighted by molar-refractivity contribution is -0.172. The minimum absolute atomic E-state index is 0.118. The third kappa shape index (κ3) is 7.95. The Labute approximate surface area is 276 Å². The van der Waals surface area contributed by atoms with Crippen molar-refractivity contribution >= 4 is 37.0 Å². The Morgan fingerprint density at radius 2 is 1.79 bits per heavy atom. The van der Waals surface area contributed by atoms with Crippen LogP contribution < -0.4 is 15.3 Å². The van der Waals surface area contributed by atoms with Gasteiger partial charge in [0.1, 0.15) is 42.5 Å². The normalized spacial score (nSPS) is 24.8. The van der Waals surface area contributed by atoms with Crippen LogP contribution in [-0.2, 0) is 42.4 Å². The highest BCUT2D eigenvalue weighted by molar-refractivity contribution is 7.52. The van der Waals surface area contributed by atoms with Crippen LogP contribution in [0.1, 0.15) is 64.7 Å². The summed E-state index contributed by atoms with van der Waals surface area (Å²) >= 11 is 0. The first kappa shape index (κ1) is 35.2. The van der Waals surface area contributed by atoms with Crippen molar-refractivity contribution in [1.82, 2.24) is 19.7 Å². The number of ether oxygens (including phenoxy) is 4. The van der Waals surface area contributed by atoms with Gasteiger partial charge >= 0.3 is 25.7 Å². The number of nitrogens with one attached hydrogen (secondary N) is 1. The molecule has 6 atom stereocenters. The molecule has 1 saturated carbocycles. The number of nitrogens with two attached hydrogens (primary N) is 1. The molecule has 1 aliphatic heterocycles. The smallest absolute Gasteiger partial charge is 0.459 e. The van der Waals surface area contributed by atoms with Crippen molar-refractivity contribution in [2.75, 3.05) is 19.0 Å². The van der Waals surface area contributed by atoms with E-state index in [0.29, 0.717) is 5.52 Å². The first-order valence-corrected chi connectivity index (χ1v) is 17.1. The molecule has 260 valence electrons. The van der Waals surface area contributed by atoms with E-state index in [1.165, 1.54) is 29.9 Å². The molecule has 1 saturated heterocycles. The van der Waals surface area contributed by atoms with Gasteiger partial charge in [-0.15, -0.1) is 0 Å². The lowest BCUT2D eigenvalue weighted by atomic mass is 9.95.